The van der Waals surface area contributed by atoms with Gasteiger partial charge in [0.05, 0.1) is 10.7 Å². The van der Waals surface area contributed by atoms with Crippen LogP contribution in [0.2, 0.25) is 0 Å². The van der Waals surface area contributed by atoms with Crippen LogP contribution in [0, 0.1) is 12.8 Å². The summed E-state index contributed by atoms with van der Waals surface area (Å²) in [5.74, 6) is -0.387. The van der Waals surface area contributed by atoms with Crippen LogP contribution in [-0.2, 0) is 29.1 Å². The third-order valence-electron chi connectivity index (χ3n) is 5.85. The second kappa shape index (κ2) is 8.01. The topological polar surface area (TPSA) is 79.5 Å². The summed E-state index contributed by atoms with van der Waals surface area (Å²) in [4.78, 5) is 33.9. The van der Waals surface area contributed by atoms with Gasteiger partial charge in [0.25, 0.3) is 0 Å². The molecule has 1 aromatic heterocycles. The van der Waals surface area contributed by atoms with Crippen molar-refractivity contribution in [3.63, 3.8) is 0 Å². The van der Waals surface area contributed by atoms with E-state index in [0.717, 1.165) is 54.3 Å². The lowest BCUT2D eigenvalue weighted by atomic mass is 9.89. The molecule has 7 heteroatoms. The monoisotopic (exact) mass is 398 g/mol. The highest BCUT2D eigenvalue weighted by Crippen LogP contribution is 2.28. The smallest absolute Gasteiger partial charge is 0.240 e. The Kier molecular flexibility index (Phi) is 5.46. The molecule has 148 valence electrons. The molecule has 0 aliphatic carbocycles. The van der Waals surface area contributed by atoms with E-state index in [1.165, 1.54) is 0 Å². The molecule has 1 aromatic carbocycles. The molecule has 2 N–H and O–H groups in total. The van der Waals surface area contributed by atoms with Gasteiger partial charge in [-0.3, -0.25) is 14.5 Å². The zero-order valence-corrected chi connectivity index (χ0v) is 17.0. The Morgan fingerprint density at radius 2 is 1.93 bits per heavy atom. The summed E-state index contributed by atoms with van der Waals surface area (Å²) >= 11 is 1.67. The Morgan fingerprint density at radius 1 is 1.21 bits per heavy atom. The molecule has 0 unspecified atom stereocenters. The third-order valence-corrected chi connectivity index (χ3v) is 6.67. The first kappa shape index (κ1) is 19.1. The first-order valence-corrected chi connectivity index (χ1v) is 10.7. The second-order valence-electron chi connectivity index (χ2n) is 7.77. The average Bonchev–Trinajstić information content (AvgIpc) is 3.11. The molecule has 2 aliphatic rings. The molecule has 0 saturated carbocycles. The van der Waals surface area contributed by atoms with E-state index in [2.05, 4.69) is 15.3 Å². The van der Waals surface area contributed by atoms with Crippen molar-refractivity contribution in [2.45, 2.75) is 45.3 Å². The van der Waals surface area contributed by atoms with Crippen molar-refractivity contribution in [3.05, 3.63) is 51.5 Å². The zero-order valence-electron chi connectivity index (χ0n) is 16.1. The van der Waals surface area contributed by atoms with Crippen LogP contribution < -0.4 is 5.73 Å². The minimum atomic E-state index is -0.543. The second-order valence-corrected chi connectivity index (χ2v) is 8.83. The highest BCUT2D eigenvalue weighted by molar-refractivity contribution is 7.09. The summed E-state index contributed by atoms with van der Waals surface area (Å²) in [6.45, 7) is 5.08. The summed E-state index contributed by atoms with van der Waals surface area (Å²) in [5.41, 5.74) is 8.98. The van der Waals surface area contributed by atoms with Gasteiger partial charge < -0.3 is 10.6 Å². The summed E-state index contributed by atoms with van der Waals surface area (Å²) in [6, 6.07) is 7.45. The maximum absolute atomic E-state index is 13.2. The minimum absolute atomic E-state index is 0.0412. The van der Waals surface area contributed by atoms with Gasteiger partial charge in [-0.2, -0.15) is 0 Å². The fourth-order valence-electron chi connectivity index (χ4n) is 4.29. The molecule has 1 atom stereocenters. The quantitative estimate of drug-likeness (QED) is 0.855. The number of fused-ring (bicyclic) bond motifs is 1. The Hall–Kier alpha value is -2.25. The fraction of sp³-hybridized carbons (Fsp3) is 0.476. The van der Waals surface area contributed by atoms with Crippen molar-refractivity contribution in [2.24, 2.45) is 11.7 Å². The number of nitrogens with two attached hydrogens (primary N) is 1. The number of aromatic nitrogens is 1. The summed E-state index contributed by atoms with van der Waals surface area (Å²) in [6.07, 6.45) is 2.14. The third kappa shape index (κ3) is 3.95. The SMILES string of the molecule is Cc1nc(CN2CCC(C(=O)N3Cc4ccccc4C[C@H]3C(N)=O)CC2)cs1. The molecule has 1 fully saturated rings. The molecule has 4 rings (SSSR count). The van der Waals surface area contributed by atoms with E-state index in [9.17, 15) is 9.59 Å². The summed E-state index contributed by atoms with van der Waals surface area (Å²) in [7, 11) is 0. The van der Waals surface area contributed by atoms with Crippen molar-refractivity contribution >= 4 is 23.2 Å². The van der Waals surface area contributed by atoms with Crippen LogP contribution in [0.15, 0.2) is 29.6 Å². The first-order valence-electron chi connectivity index (χ1n) is 9.81. The molecule has 3 heterocycles. The lowest BCUT2D eigenvalue weighted by Crippen LogP contribution is -2.53. The predicted octanol–water partition coefficient (Wildman–Crippen LogP) is 2.10. The Balaban J connectivity index is 1.40. The molecule has 1 saturated heterocycles. The number of hydrogen-bond donors (Lipinski definition) is 1. The van der Waals surface area contributed by atoms with Gasteiger partial charge in [0, 0.05) is 30.8 Å². The van der Waals surface area contributed by atoms with Crippen molar-refractivity contribution in [1.82, 2.24) is 14.8 Å². The van der Waals surface area contributed by atoms with Gasteiger partial charge in [-0.05, 0) is 44.0 Å². The molecular formula is C21H26N4O2S. The van der Waals surface area contributed by atoms with Gasteiger partial charge in [0.1, 0.15) is 6.04 Å². The van der Waals surface area contributed by atoms with Gasteiger partial charge in [0.2, 0.25) is 11.8 Å². The van der Waals surface area contributed by atoms with Crippen LogP contribution in [0.25, 0.3) is 0 Å². The lowest BCUT2D eigenvalue weighted by Gasteiger charge is -2.39. The number of rotatable bonds is 4. The number of likely N-dealkylation sites (tertiary alicyclic amines) is 1. The average molecular weight is 399 g/mol. The van der Waals surface area contributed by atoms with E-state index >= 15 is 0 Å². The molecule has 6 nitrogen and oxygen atoms in total. The molecule has 2 aromatic rings. The number of amides is 2. The van der Waals surface area contributed by atoms with Crippen LogP contribution in [0.3, 0.4) is 0 Å². The first-order chi connectivity index (χ1) is 13.5. The Labute approximate surface area is 169 Å². The van der Waals surface area contributed by atoms with Crippen molar-refractivity contribution in [2.75, 3.05) is 13.1 Å². The van der Waals surface area contributed by atoms with E-state index < -0.39 is 11.9 Å². The molecule has 0 radical (unpaired) electrons. The number of primary amides is 1. The van der Waals surface area contributed by atoms with E-state index in [4.69, 9.17) is 5.73 Å². The Morgan fingerprint density at radius 3 is 2.57 bits per heavy atom. The number of benzene rings is 1. The maximum atomic E-state index is 13.2. The molecule has 0 bridgehead atoms. The van der Waals surface area contributed by atoms with Crippen LogP contribution in [0.1, 0.15) is 34.7 Å². The number of carbonyl (C=O) groups excluding carboxylic acids is 2. The van der Waals surface area contributed by atoms with Crippen molar-refractivity contribution < 1.29 is 9.59 Å². The molecule has 28 heavy (non-hydrogen) atoms. The standard InChI is InChI=1S/C21H26N4O2S/c1-14-23-18(13-28-14)12-24-8-6-15(7-9-24)21(27)25-11-17-5-3-2-4-16(17)10-19(25)20(22)26/h2-5,13,15,19H,6-12H2,1H3,(H2,22,26)/t19-/m0/s1. The molecule has 2 amide bonds. The lowest BCUT2D eigenvalue weighted by molar-refractivity contribution is -0.145. The van der Waals surface area contributed by atoms with Crippen molar-refractivity contribution in [1.29, 1.82) is 0 Å². The normalized spacial score (nSPS) is 20.8. The summed E-state index contributed by atoms with van der Waals surface area (Å²) in [5, 5.41) is 3.19. The maximum Gasteiger partial charge on any atom is 0.240 e. The number of piperidine rings is 1. The van der Waals surface area contributed by atoms with Crippen LogP contribution >= 0.6 is 11.3 Å². The van der Waals surface area contributed by atoms with Crippen molar-refractivity contribution in [3.8, 4) is 0 Å². The van der Waals surface area contributed by atoms with Gasteiger partial charge in [-0.15, -0.1) is 11.3 Å². The van der Waals surface area contributed by atoms with Crippen LogP contribution in [0.4, 0.5) is 0 Å². The molecular weight excluding hydrogens is 372 g/mol. The Bertz CT molecular complexity index is 873. The van der Waals surface area contributed by atoms with Gasteiger partial charge in [-0.1, -0.05) is 24.3 Å². The minimum Gasteiger partial charge on any atom is -0.368 e. The highest BCUT2D eigenvalue weighted by Gasteiger charge is 2.37. The number of carbonyl (C=O) groups is 2. The number of thiazole rings is 1. The van der Waals surface area contributed by atoms with Crippen LogP contribution in [0.5, 0.6) is 0 Å². The van der Waals surface area contributed by atoms with E-state index in [0.29, 0.717) is 13.0 Å². The van der Waals surface area contributed by atoms with Gasteiger partial charge in [0.15, 0.2) is 0 Å². The predicted molar refractivity (Wildman–Crippen MR) is 109 cm³/mol. The van der Waals surface area contributed by atoms with Gasteiger partial charge >= 0.3 is 0 Å². The number of aryl methyl sites for hydroxylation is 1. The number of nitrogens with zero attached hydrogens (tertiary/aromatic N) is 3. The van der Waals surface area contributed by atoms with Crippen LogP contribution in [-0.4, -0.2) is 45.7 Å². The highest BCUT2D eigenvalue weighted by atomic mass is 32.1. The van der Waals surface area contributed by atoms with Gasteiger partial charge in [-0.25, -0.2) is 4.98 Å². The fourth-order valence-corrected chi connectivity index (χ4v) is 4.90. The largest absolute Gasteiger partial charge is 0.368 e. The zero-order chi connectivity index (χ0) is 19.7. The summed E-state index contributed by atoms with van der Waals surface area (Å²) < 4.78 is 0. The van der Waals surface area contributed by atoms with E-state index in [1.807, 2.05) is 31.2 Å². The molecule has 0 spiro atoms. The number of hydrogen-bond acceptors (Lipinski definition) is 5. The van der Waals surface area contributed by atoms with E-state index in [-0.39, 0.29) is 11.8 Å². The molecule has 2 aliphatic heterocycles. The van der Waals surface area contributed by atoms with E-state index in [1.54, 1.807) is 16.2 Å².